The molecule has 0 radical (unpaired) electrons. The lowest BCUT2D eigenvalue weighted by molar-refractivity contribution is -0.119. The zero-order chi connectivity index (χ0) is 10.4. The largest absolute Gasteiger partial charge is 0.300 e. The molecular formula is C11H18N2O. The second-order valence-corrected chi connectivity index (χ2v) is 3.59. The molecule has 14 heavy (non-hydrogen) atoms. The van der Waals surface area contributed by atoms with Gasteiger partial charge in [0.1, 0.15) is 5.78 Å². The molecule has 0 aliphatic carbocycles. The first-order valence-electron chi connectivity index (χ1n) is 5.22. The van der Waals surface area contributed by atoms with Gasteiger partial charge in [0.15, 0.2) is 0 Å². The van der Waals surface area contributed by atoms with Crippen molar-refractivity contribution in [2.75, 3.05) is 0 Å². The Morgan fingerprint density at radius 1 is 1.50 bits per heavy atom. The van der Waals surface area contributed by atoms with Gasteiger partial charge in [0.05, 0.1) is 0 Å². The van der Waals surface area contributed by atoms with E-state index in [4.69, 9.17) is 0 Å². The van der Waals surface area contributed by atoms with Crippen molar-refractivity contribution in [3.05, 3.63) is 18.0 Å². The Bertz CT molecular complexity index is 291. The minimum atomic E-state index is 0.369. The van der Waals surface area contributed by atoms with Gasteiger partial charge >= 0.3 is 0 Å². The molecule has 0 aliphatic heterocycles. The van der Waals surface area contributed by atoms with Gasteiger partial charge < -0.3 is 0 Å². The Kier molecular flexibility index (Phi) is 4.36. The van der Waals surface area contributed by atoms with Crippen LogP contribution in [-0.4, -0.2) is 15.6 Å². The second-order valence-electron chi connectivity index (χ2n) is 3.59. The van der Waals surface area contributed by atoms with Crippen molar-refractivity contribution in [3.63, 3.8) is 0 Å². The summed E-state index contributed by atoms with van der Waals surface area (Å²) in [6, 6.07) is 1.97. The predicted molar refractivity (Wildman–Crippen MR) is 56.1 cm³/mol. The summed E-state index contributed by atoms with van der Waals surface area (Å²) in [4.78, 5) is 11.4. The summed E-state index contributed by atoms with van der Waals surface area (Å²) in [5.41, 5.74) is 1.13. The monoisotopic (exact) mass is 194 g/mol. The van der Waals surface area contributed by atoms with E-state index in [0.717, 1.165) is 31.4 Å². The van der Waals surface area contributed by atoms with Crippen LogP contribution >= 0.6 is 0 Å². The van der Waals surface area contributed by atoms with Crippen LogP contribution in [0.1, 0.15) is 38.3 Å². The third-order valence-electron chi connectivity index (χ3n) is 2.39. The van der Waals surface area contributed by atoms with Gasteiger partial charge in [0.2, 0.25) is 0 Å². The molecule has 0 fully saturated rings. The zero-order valence-electron chi connectivity index (χ0n) is 8.99. The van der Waals surface area contributed by atoms with E-state index in [0.29, 0.717) is 12.2 Å². The van der Waals surface area contributed by atoms with Gasteiger partial charge in [0.25, 0.3) is 0 Å². The average Bonchev–Trinajstić information content (AvgIpc) is 2.58. The van der Waals surface area contributed by atoms with Crippen LogP contribution < -0.4 is 0 Å². The highest BCUT2D eigenvalue weighted by atomic mass is 16.1. The highest BCUT2D eigenvalue weighted by Gasteiger charge is 2.04. The number of aryl methyl sites for hydroxylation is 2. The van der Waals surface area contributed by atoms with Gasteiger partial charge in [-0.05, 0) is 18.9 Å². The van der Waals surface area contributed by atoms with Gasteiger partial charge in [-0.2, -0.15) is 5.10 Å². The Balaban J connectivity index is 2.27. The summed E-state index contributed by atoms with van der Waals surface area (Å²) in [6.07, 6.45) is 6.08. The molecule has 1 aromatic rings. The number of Topliss-reactive ketones (excluding diaryl/α,β-unsaturated/α-hetero) is 1. The third-order valence-corrected chi connectivity index (χ3v) is 2.39. The van der Waals surface area contributed by atoms with Crippen LogP contribution in [0.4, 0.5) is 0 Å². The first-order chi connectivity index (χ1) is 6.74. The summed E-state index contributed by atoms with van der Waals surface area (Å²) >= 11 is 0. The average molecular weight is 194 g/mol. The van der Waals surface area contributed by atoms with Crippen molar-refractivity contribution in [1.29, 1.82) is 0 Å². The van der Waals surface area contributed by atoms with Crippen molar-refractivity contribution in [2.45, 2.75) is 39.0 Å². The van der Waals surface area contributed by atoms with Crippen LogP contribution in [0.5, 0.6) is 0 Å². The predicted octanol–water partition coefficient (Wildman–Crippen LogP) is 2.11. The molecule has 0 unspecified atom stereocenters. The van der Waals surface area contributed by atoms with E-state index >= 15 is 0 Å². The van der Waals surface area contributed by atoms with E-state index in [-0.39, 0.29) is 0 Å². The van der Waals surface area contributed by atoms with Gasteiger partial charge in [-0.3, -0.25) is 9.48 Å². The molecule has 0 saturated carbocycles. The van der Waals surface area contributed by atoms with E-state index in [1.807, 2.05) is 17.8 Å². The van der Waals surface area contributed by atoms with E-state index < -0.39 is 0 Å². The van der Waals surface area contributed by atoms with Gasteiger partial charge in [0, 0.05) is 31.8 Å². The van der Waals surface area contributed by atoms with Crippen LogP contribution in [0.3, 0.4) is 0 Å². The number of carbonyl (C=O) groups excluding carboxylic acids is 1. The van der Waals surface area contributed by atoms with E-state index in [2.05, 4.69) is 12.0 Å². The van der Waals surface area contributed by atoms with E-state index in [1.165, 1.54) is 0 Å². The summed E-state index contributed by atoms with van der Waals surface area (Å²) in [5, 5.41) is 4.06. The standard InChI is InChI=1S/C11H18N2O/c1-3-4-5-11(14)7-6-10-8-9-12-13(10)2/h8-9H,3-7H2,1-2H3. The molecule has 3 heteroatoms. The van der Waals surface area contributed by atoms with Crippen LogP contribution in [0, 0.1) is 0 Å². The van der Waals surface area contributed by atoms with Crippen molar-refractivity contribution < 1.29 is 4.79 Å². The molecule has 3 nitrogen and oxygen atoms in total. The summed E-state index contributed by atoms with van der Waals surface area (Å²) in [6.45, 7) is 2.11. The van der Waals surface area contributed by atoms with Crippen LogP contribution in [0.25, 0.3) is 0 Å². The first-order valence-corrected chi connectivity index (χ1v) is 5.22. The fourth-order valence-corrected chi connectivity index (χ4v) is 1.41. The Morgan fingerprint density at radius 3 is 2.86 bits per heavy atom. The molecule has 0 amide bonds. The van der Waals surface area contributed by atoms with Crippen molar-refractivity contribution in [2.24, 2.45) is 7.05 Å². The molecule has 0 saturated heterocycles. The number of ketones is 1. The highest BCUT2D eigenvalue weighted by molar-refractivity contribution is 5.78. The molecule has 0 aromatic carbocycles. The molecular weight excluding hydrogens is 176 g/mol. The number of hydrogen-bond donors (Lipinski definition) is 0. The maximum Gasteiger partial charge on any atom is 0.133 e. The third kappa shape index (κ3) is 3.32. The number of rotatable bonds is 6. The molecule has 1 rings (SSSR count). The Labute approximate surface area is 85.1 Å². The molecule has 1 heterocycles. The summed E-state index contributed by atoms with van der Waals surface area (Å²) < 4.78 is 1.83. The molecule has 1 aromatic heterocycles. The van der Waals surface area contributed by atoms with Crippen LogP contribution in [-0.2, 0) is 18.3 Å². The number of hydrogen-bond acceptors (Lipinski definition) is 2. The molecule has 0 spiro atoms. The Hall–Kier alpha value is -1.12. The smallest absolute Gasteiger partial charge is 0.133 e. The minimum Gasteiger partial charge on any atom is -0.300 e. The quantitative estimate of drug-likeness (QED) is 0.695. The molecule has 0 aliphatic rings. The maximum atomic E-state index is 11.4. The highest BCUT2D eigenvalue weighted by Crippen LogP contribution is 2.04. The number of aromatic nitrogens is 2. The van der Waals surface area contributed by atoms with E-state index in [9.17, 15) is 4.79 Å². The van der Waals surface area contributed by atoms with Gasteiger partial charge in [-0.25, -0.2) is 0 Å². The fraction of sp³-hybridized carbons (Fsp3) is 0.636. The summed E-state index contributed by atoms with van der Waals surface area (Å²) in [7, 11) is 1.91. The van der Waals surface area contributed by atoms with Crippen molar-refractivity contribution in [3.8, 4) is 0 Å². The molecule has 0 bridgehead atoms. The van der Waals surface area contributed by atoms with E-state index in [1.54, 1.807) is 6.20 Å². The second kappa shape index (κ2) is 5.58. The first kappa shape index (κ1) is 11.0. The fourth-order valence-electron chi connectivity index (χ4n) is 1.41. The Morgan fingerprint density at radius 2 is 2.29 bits per heavy atom. The topological polar surface area (TPSA) is 34.9 Å². The van der Waals surface area contributed by atoms with Crippen LogP contribution in [0.2, 0.25) is 0 Å². The molecule has 78 valence electrons. The molecule has 0 N–H and O–H groups in total. The van der Waals surface area contributed by atoms with Crippen molar-refractivity contribution >= 4 is 5.78 Å². The van der Waals surface area contributed by atoms with Crippen molar-refractivity contribution in [1.82, 2.24) is 9.78 Å². The van der Waals surface area contributed by atoms with Crippen LogP contribution in [0.15, 0.2) is 12.3 Å². The lowest BCUT2D eigenvalue weighted by Gasteiger charge is -2.01. The SMILES string of the molecule is CCCCC(=O)CCc1ccnn1C. The van der Waals surface area contributed by atoms with Gasteiger partial charge in [-0.1, -0.05) is 13.3 Å². The molecule has 0 atom stereocenters. The lowest BCUT2D eigenvalue weighted by atomic mass is 10.1. The van der Waals surface area contributed by atoms with Gasteiger partial charge in [-0.15, -0.1) is 0 Å². The number of carbonyl (C=O) groups is 1. The maximum absolute atomic E-state index is 11.4. The normalized spacial score (nSPS) is 10.4. The lowest BCUT2D eigenvalue weighted by Crippen LogP contribution is -2.03. The summed E-state index contributed by atoms with van der Waals surface area (Å²) in [5.74, 6) is 0.369. The number of nitrogens with zero attached hydrogens (tertiary/aromatic N) is 2. The number of unbranched alkanes of at least 4 members (excludes halogenated alkanes) is 1. The zero-order valence-corrected chi connectivity index (χ0v) is 8.99. The minimum absolute atomic E-state index is 0.369.